The Hall–Kier alpha value is -5.86. The fraction of sp³-hybridized carbons (Fsp3) is 0.0667. The summed E-state index contributed by atoms with van der Waals surface area (Å²) in [5.74, 6) is 0. The van der Waals surface area contributed by atoms with Crippen molar-refractivity contribution in [2.75, 3.05) is 4.90 Å². The maximum absolute atomic E-state index is 6.42. The van der Waals surface area contributed by atoms with Crippen LogP contribution < -0.4 is 4.90 Å². The number of rotatable bonds is 5. The van der Waals surface area contributed by atoms with E-state index in [2.05, 4.69) is 176 Å². The highest BCUT2D eigenvalue weighted by atomic mass is 16.3. The van der Waals surface area contributed by atoms with Crippen molar-refractivity contribution in [3.05, 3.63) is 175 Å². The second-order valence-corrected chi connectivity index (χ2v) is 12.9. The highest BCUT2D eigenvalue weighted by molar-refractivity contribution is 6.14. The van der Waals surface area contributed by atoms with E-state index in [1.807, 2.05) is 6.07 Å². The molecule has 0 radical (unpaired) electrons. The van der Waals surface area contributed by atoms with Gasteiger partial charge in [0.2, 0.25) is 0 Å². The molecule has 0 spiro atoms. The van der Waals surface area contributed by atoms with Gasteiger partial charge in [-0.05, 0) is 75.3 Å². The van der Waals surface area contributed by atoms with Crippen LogP contribution in [0.15, 0.2) is 168 Å². The molecule has 1 heterocycles. The molecular formula is C45H33NO. The third-order valence-corrected chi connectivity index (χ3v) is 9.88. The third kappa shape index (κ3) is 4.26. The molecule has 0 bridgehead atoms. The zero-order chi connectivity index (χ0) is 31.5. The van der Waals surface area contributed by atoms with Crippen LogP contribution in [-0.2, 0) is 5.41 Å². The zero-order valence-corrected chi connectivity index (χ0v) is 26.4. The molecule has 1 aliphatic carbocycles. The molecule has 0 unspecified atom stereocenters. The smallest absolute Gasteiger partial charge is 0.137 e. The first-order valence-corrected chi connectivity index (χ1v) is 16.3. The van der Waals surface area contributed by atoms with Crippen LogP contribution in [0.5, 0.6) is 0 Å². The Morgan fingerprint density at radius 2 is 1.09 bits per heavy atom. The normalized spacial score (nSPS) is 13.1. The van der Waals surface area contributed by atoms with E-state index in [0.29, 0.717) is 0 Å². The largest absolute Gasteiger partial charge is 0.456 e. The van der Waals surface area contributed by atoms with Crippen LogP contribution in [0.4, 0.5) is 17.1 Å². The van der Waals surface area contributed by atoms with E-state index in [9.17, 15) is 0 Å². The van der Waals surface area contributed by atoms with Gasteiger partial charge in [0, 0.05) is 22.1 Å². The lowest BCUT2D eigenvalue weighted by Crippen LogP contribution is -2.15. The minimum Gasteiger partial charge on any atom is -0.456 e. The van der Waals surface area contributed by atoms with Gasteiger partial charge in [0.25, 0.3) is 0 Å². The molecule has 8 aromatic rings. The molecule has 1 aromatic heterocycles. The van der Waals surface area contributed by atoms with Crippen LogP contribution in [0, 0.1) is 0 Å². The third-order valence-electron chi connectivity index (χ3n) is 9.88. The van der Waals surface area contributed by atoms with E-state index in [0.717, 1.165) is 39.0 Å². The van der Waals surface area contributed by atoms with E-state index in [1.54, 1.807) is 0 Å². The summed E-state index contributed by atoms with van der Waals surface area (Å²) in [6, 6.07) is 58.8. The standard InChI is InChI=1S/C45H33NO/c1-45(2)37-28-27-32(29-36(37)43-34(21-13-22-38(43)45)31-17-7-4-8-18-31)46(39-23-11-9-19-33(39)30-15-5-3-6-16-30)40-24-14-26-42-44(40)35-20-10-12-25-41(35)47-42/h3-29H,1-2H3. The minimum absolute atomic E-state index is 0.123. The van der Waals surface area contributed by atoms with E-state index in [-0.39, 0.29) is 5.41 Å². The first-order valence-electron chi connectivity index (χ1n) is 16.3. The molecule has 0 saturated heterocycles. The number of nitrogens with zero attached hydrogens (tertiary/aromatic N) is 1. The summed E-state index contributed by atoms with van der Waals surface area (Å²) in [6.07, 6.45) is 0. The second kappa shape index (κ2) is 10.6. The lowest BCUT2D eigenvalue weighted by molar-refractivity contribution is 0.660. The van der Waals surface area contributed by atoms with Gasteiger partial charge in [-0.1, -0.05) is 141 Å². The molecular weight excluding hydrogens is 571 g/mol. The van der Waals surface area contributed by atoms with Gasteiger partial charge >= 0.3 is 0 Å². The summed E-state index contributed by atoms with van der Waals surface area (Å²) in [5.41, 5.74) is 15.1. The van der Waals surface area contributed by atoms with Crippen LogP contribution >= 0.6 is 0 Å². The highest BCUT2D eigenvalue weighted by Crippen LogP contribution is 2.54. The van der Waals surface area contributed by atoms with Crippen molar-refractivity contribution in [2.45, 2.75) is 19.3 Å². The monoisotopic (exact) mass is 603 g/mol. The SMILES string of the molecule is CC1(C)c2ccc(N(c3ccccc3-c3ccccc3)c3cccc4oc5ccccc5c34)cc2-c2c(-c3ccccc3)cccc21. The van der Waals surface area contributed by atoms with Crippen LogP contribution in [-0.4, -0.2) is 0 Å². The number of hydrogen-bond donors (Lipinski definition) is 0. The summed E-state index contributed by atoms with van der Waals surface area (Å²) < 4.78 is 6.42. The summed E-state index contributed by atoms with van der Waals surface area (Å²) in [7, 11) is 0. The average molecular weight is 604 g/mol. The van der Waals surface area contributed by atoms with Crippen molar-refractivity contribution < 1.29 is 4.42 Å². The summed E-state index contributed by atoms with van der Waals surface area (Å²) in [6.45, 7) is 4.71. The van der Waals surface area contributed by atoms with Gasteiger partial charge in [0.1, 0.15) is 11.2 Å². The molecule has 47 heavy (non-hydrogen) atoms. The average Bonchev–Trinajstić information content (AvgIpc) is 3.62. The maximum atomic E-state index is 6.42. The summed E-state index contributed by atoms with van der Waals surface area (Å²) in [5, 5.41) is 2.22. The first-order chi connectivity index (χ1) is 23.1. The molecule has 0 N–H and O–H groups in total. The van der Waals surface area contributed by atoms with Gasteiger partial charge in [-0.3, -0.25) is 0 Å². The van der Waals surface area contributed by atoms with Crippen molar-refractivity contribution in [3.8, 4) is 33.4 Å². The van der Waals surface area contributed by atoms with Gasteiger partial charge in [0.05, 0.1) is 16.8 Å². The summed E-state index contributed by atoms with van der Waals surface area (Å²) in [4.78, 5) is 2.43. The molecule has 224 valence electrons. The molecule has 2 nitrogen and oxygen atoms in total. The van der Waals surface area contributed by atoms with E-state index < -0.39 is 0 Å². The Balaban J connectivity index is 1.35. The molecule has 2 heteroatoms. The fourth-order valence-corrected chi connectivity index (χ4v) is 7.67. The Morgan fingerprint density at radius 3 is 1.89 bits per heavy atom. The lowest BCUT2D eigenvalue weighted by Gasteiger charge is -2.29. The molecule has 0 fully saturated rings. The molecule has 9 rings (SSSR count). The Labute approximate surface area is 275 Å². The Morgan fingerprint density at radius 1 is 0.468 bits per heavy atom. The quantitative estimate of drug-likeness (QED) is 0.195. The lowest BCUT2D eigenvalue weighted by atomic mass is 9.82. The van der Waals surface area contributed by atoms with Crippen molar-refractivity contribution in [2.24, 2.45) is 0 Å². The molecule has 7 aromatic carbocycles. The number of hydrogen-bond acceptors (Lipinski definition) is 2. The zero-order valence-electron chi connectivity index (χ0n) is 26.4. The number of para-hydroxylation sites is 2. The topological polar surface area (TPSA) is 16.4 Å². The number of fused-ring (bicyclic) bond motifs is 6. The molecule has 0 amide bonds. The summed E-state index contributed by atoms with van der Waals surface area (Å²) >= 11 is 0. The van der Waals surface area contributed by atoms with Gasteiger partial charge < -0.3 is 9.32 Å². The molecule has 0 saturated carbocycles. The molecule has 1 aliphatic rings. The Kier molecular flexibility index (Phi) is 6.20. The predicted molar refractivity (Wildman–Crippen MR) is 197 cm³/mol. The first kappa shape index (κ1) is 27.5. The Bertz CT molecular complexity index is 2440. The van der Waals surface area contributed by atoms with Crippen molar-refractivity contribution in [1.29, 1.82) is 0 Å². The van der Waals surface area contributed by atoms with Crippen molar-refractivity contribution >= 4 is 39.0 Å². The van der Waals surface area contributed by atoms with Gasteiger partial charge in [-0.25, -0.2) is 0 Å². The van der Waals surface area contributed by atoms with Crippen molar-refractivity contribution in [1.82, 2.24) is 0 Å². The molecule has 0 atom stereocenters. The van der Waals surface area contributed by atoms with Crippen LogP contribution in [0.25, 0.3) is 55.3 Å². The number of benzene rings is 7. The van der Waals surface area contributed by atoms with Gasteiger partial charge in [0.15, 0.2) is 0 Å². The minimum atomic E-state index is -0.123. The van der Waals surface area contributed by atoms with Crippen LogP contribution in [0.2, 0.25) is 0 Å². The second-order valence-electron chi connectivity index (χ2n) is 12.9. The molecule has 0 aliphatic heterocycles. The van der Waals surface area contributed by atoms with E-state index >= 15 is 0 Å². The number of anilines is 3. The van der Waals surface area contributed by atoms with Crippen LogP contribution in [0.3, 0.4) is 0 Å². The maximum Gasteiger partial charge on any atom is 0.137 e. The van der Waals surface area contributed by atoms with Gasteiger partial charge in [-0.2, -0.15) is 0 Å². The van der Waals surface area contributed by atoms with Gasteiger partial charge in [-0.15, -0.1) is 0 Å². The van der Waals surface area contributed by atoms with E-state index in [1.165, 1.54) is 44.5 Å². The number of furan rings is 1. The fourth-order valence-electron chi connectivity index (χ4n) is 7.67. The van der Waals surface area contributed by atoms with Crippen LogP contribution in [0.1, 0.15) is 25.0 Å². The predicted octanol–water partition coefficient (Wildman–Crippen LogP) is 12.7. The van der Waals surface area contributed by atoms with E-state index in [4.69, 9.17) is 4.42 Å². The highest BCUT2D eigenvalue weighted by Gasteiger charge is 2.37. The van der Waals surface area contributed by atoms with Crippen molar-refractivity contribution in [3.63, 3.8) is 0 Å².